The van der Waals surface area contributed by atoms with Crippen LogP contribution in [0, 0.1) is 20.9 Å². The largest absolute Gasteiger partial charge is 4.00 e. The zero-order valence-electron chi connectivity index (χ0n) is 20.6. The van der Waals surface area contributed by atoms with E-state index in [-0.39, 0.29) is 57.4 Å². The molecule has 1 N–H and O–H groups in total. The van der Waals surface area contributed by atoms with E-state index in [2.05, 4.69) is 77.9 Å². The average molecular weight is 471 g/mol. The third-order valence-electron chi connectivity index (χ3n) is 4.46. The summed E-state index contributed by atoms with van der Waals surface area (Å²) in [5, 5.41) is 0. The maximum atomic E-state index is 6.94. The van der Waals surface area contributed by atoms with Crippen molar-refractivity contribution in [3.8, 4) is 11.1 Å². The van der Waals surface area contributed by atoms with Crippen LogP contribution in [0.2, 0.25) is 0 Å². The molecule has 1 aliphatic rings. The fraction of sp³-hybridized carbons (Fsp3) is 0.481. The molecular formula is C27H41NZr. The smallest absolute Gasteiger partial charge is 0.673 e. The maximum Gasteiger partial charge on any atom is 4.00 e. The van der Waals surface area contributed by atoms with Gasteiger partial charge in [0.1, 0.15) is 0 Å². The van der Waals surface area contributed by atoms with Gasteiger partial charge < -0.3 is 20.6 Å². The number of hydrogen-bond donors (Lipinski definition) is 0. The minimum Gasteiger partial charge on any atom is -0.673 e. The number of nitrogens with one attached hydrogen (secondary N) is 1. The van der Waals surface area contributed by atoms with Gasteiger partial charge in [-0.05, 0) is 28.4 Å². The fourth-order valence-electron chi connectivity index (χ4n) is 3.03. The number of benzene rings is 2. The van der Waals surface area contributed by atoms with Gasteiger partial charge in [-0.15, -0.1) is 16.7 Å². The molecule has 0 unspecified atom stereocenters. The van der Waals surface area contributed by atoms with Crippen LogP contribution in [0.1, 0.15) is 84.6 Å². The Morgan fingerprint density at radius 3 is 1.69 bits per heavy atom. The second-order valence-corrected chi connectivity index (χ2v) is 10.6. The molecule has 1 nitrogen and oxygen atoms in total. The van der Waals surface area contributed by atoms with Gasteiger partial charge in [0.05, 0.1) is 0 Å². The van der Waals surface area contributed by atoms with Gasteiger partial charge in [-0.25, -0.2) is 0 Å². The van der Waals surface area contributed by atoms with Crippen molar-refractivity contribution in [1.82, 2.24) is 0 Å². The van der Waals surface area contributed by atoms with Crippen LogP contribution < -0.4 is 0 Å². The van der Waals surface area contributed by atoms with Crippen molar-refractivity contribution >= 4 is 0 Å². The fourth-order valence-corrected chi connectivity index (χ4v) is 3.03. The van der Waals surface area contributed by atoms with Crippen LogP contribution in [0.4, 0.5) is 0 Å². The summed E-state index contributed by atoms with van der Waals surface area (Å²) in [7, 11) is 0. The van der Waals surface area contributed by atoms with Crippen molar-refractivity contribution in [2.45, 2.75) is 85.1 Å². The van der Waals surface area contributed by atoms with Crippen LogP contribution in [-0.2, 0) is 43.5 Å². The van der Waals surface area contributed by atoms with E-state index < -0.39 is 0 Å². The molecule has 3 rings (SSSR count). The van der Waals surface area contributed by atoms with Crippen molar-refractivity contribution in [1.29, 1.82) is 0 Å². The van der Waals surface area contributed by atoms with Crippen LogP contribution in [0.25, 0.3) is 16.9 Å². The van der Waals surface area contributed by atoms with Crippen LogP contribution in [0.5, 0.6) is 0 Å². The van der Waals surface area contributed by atoms with E-state index in [1.807, 2.05) is 20.8 Å². The van der Waals surface area contributed by atoms with E-state index in [9.17, 15) is 0 Å². The molecule has 0 amide bonds. The first-order valence-corrected chi connectivity index (χ1v) is 9.61. The normalized spacial score (nSPS) is 12.2. The van der Waals surface area contributed by atoms with Gasteiger partial charge in [0.15, 0.2) is 0 Å². The first-order valence-electron chi connectivity index (χ1n) is 9.61. The molecule has 2 heteroatoms. The molecule has 158 valence electrons. The Morgan fingerprint density at radius 2 is 1.24 bits per heavy atom. The van der Waals surface area contributed by atoms with Crippen LogP contribution >= 0.6 is 0 Å². The minimum absolute atomic E-state index is 0. The third-order valence-corrected chi connectivity index (χ3v) is 4.46. The van der Waals surface area contributed by atoms with E-state index in [0.29, 0.717) is 0 Å². The van der Waals surface area contributed by atoms with E-state index in [4.69, 9.17) is 5.73 Å². The number of hydrogen-bond acceptors (Lipinski definition) is 0. The Bertz CT molecular complexity index is 716. The van der Waals surface area contributed by atoms with Gasteiger partial charge in [-0.2, -0.15) is 23.8 Å². The molecule has 2 aromatic rings. The Morgan fingerprint density at radius 1 is 0.759 bits per heavy atom. The molecule has 0 radical (unpaired) electrons. The van der Waals surface area contributed by atoms with Crippen LogP contribution in [0.15, 0.2) is 30.3 Å². The van der Waals surface area contributed by atoms with Gasteiger partial charge in [0.2, 0.25) is 0 Å². The summed E-state index contributed by atoms with van der Waals surface area (Å²) in [5.41, 5.74) is 15.4. The molecule has 2 aromatic carbocycles. The first-order chi connectivity index (χ1) is 11.7. The monoisotopic (exact) mass is 469 g/mol. The Balaban J connectivity index is 0. The maximum absolute atomic E-state index is 6.94. The summed E-state index contributed by atoms with van der Waals surface area (Å²) in [6.07, 6.45) is 1.03. The molecule has 1 aliphatic carbocycles. The van der Waals surface area contributed by atoms with Crippen molar-refractivity contribution < 1.29 is 26.2 Å². The van der Waals surface area contributed by atoms with Gasteiger partial charge in [0, 0.05) is 0 Å². The quantitative estimate of drug-likeness (QED) is 0.295. The van der Waals surface area contributed by atoms with Gasteiger partial charge in [-0.1, -0.05) is 86.1 Å². The van der Waals surface area contributed by atoms with E-state index >= 15 is 0 Å². The van der Waals surface area contributed by atoms with Crippen molar-refractivity contribution in [2.75, 3.05) is 0 Å². The Kier molecular flexibility index (Phi) is 11.1. The molecular weight excluding hydrogens is 430 g/mol. The van der Waals surface area contributed by atoms with Crippen molar-refractivity contribution in [3.05, 3.63) is 79.2 Å². The zero-order valence-corrected chi connectivity index (χ0v) is 23.1. The molecule has 0 atom stereocenters. The summed E-state index contributed by atoms with van der Waals surface area (Å²) < 4.78 is 0. The predicted octanol–water partition coefficient (Wildman–Crippen LogP) is 8.39. The van der Waals surface area contributed by atoms with Gasteiger partial charge >= 0.3 is 26.2 Å². The molecule has 0 aromatic heterocycles. The topological polar surface area (TPSA) is 23.8 Å². The third kappa shape index (κ3) is 8.51. The van der Waals surface area contributed by atoms with Crippen LogP contribution in [0.3, 0.4) is 0 Å². The SMILES string of the molecule is CC(C)(C)[NH-].CC(C)(C)c1[c-]c2c(cc1)-c1ccc(C(C)(C)C)cc1C2.[CH3-].[CH3-].[Zr+4]. The summed E-state index contributed by atoms with van der Waals surface area (Å²) in [5.74, 6) is 0. The first kappa shape index (κ1) is 30.5. The summed E-state index contributed by atoms with van der Waals surface area (Å²) in [4.78, 5) is 0. The number of fused-ring (bicyclic) bond motifs is 3. The van der Waals surface area contributed by atoms with E-state index in [1.165, 1.54) is 33.4 Å². The minimum atomic E-state index is -0.250. The van der Waals surface area contributed by atoms with Crippen molar-refractivity contribution in [2.24, 2.45) is 0 Å². The summed E-state index contributed by atoms with van der Waals surface area (Å²) in [6.45, 7) is 19.2. The molecule has 0 spiro atoms. The molecule has 0 saturated heterocycles. The Labute approximate surface area is 201 Å². The molecule has 0 aliphatic heterocycles. The molecule has 0 heterocycles. The second-order valence-electron chi connectivity index (χ2n) is 10.6. The molecule has 0 saturated carbocycles. The molecule has 0 fully saturated rings. The van der Waals surface area contributed by atoms with Crippen LogP contribution in [-0.4, -0.2) is 5.54 Å². The van der Waals surface area contributed by atoms with Crippen molar-refractivity contribution in [3.63, 3.8) is 0 Å². The summed E-state index contributed by atoms with van der Waals surface area (Å²) >= 11 is 0. The average Bonchev–Trinajstić information content (AvgIpc) is 2.80. The standard InChI is InChI=1S/C21H25.C4H10N.2CH3.Zr/c1-20(2,3)16-7-9-18-14(12-16)11-15-13-17(21(4,5)6)8-10-19(15)18;1-4(2,3)5;;;/h7-10,12H,11H2,1-6H3;5H,1-3H3;2*1H3;/q4*-1;+4. The predicted molar refractivity (Wildman–Crippen MR) is 128 cm³/mol. The van der Waals surface area contributed by atoms with Gasteiger partial charge in [-0.3, -0.25) is 0 Å². The second kappa shape index (κ2) is 10.5. The van der Waals surface area contributed by atoms with Gasteiger partial charge in [0.25, 0.3) is 0 Å². The molecule has 0 bridgehead atoms. The van der Waals surface area contributed by atoms with E-state index in [1.54, 1.807) is 0 Å². The zero-order chi connectivity index (χ0) is 19.9. The summed E-state index contributed by atoms with van der Waals surface area (Å²) in [6, 6.07) is 15.2. The Hall–Kier alpha value is -0.717. The number of rotatable bonds is 0. The van der Waals surface area contributed by atoms with E-state index in [0.717, 1.165) is 6.42 Å². The molecule has 29 heavy (non-hydrogen) atoms.